The van der Waals surface area contributed by atoms with Gasteiger partial charge in [-0.2, -0.15) is 0 Å². The van der Waals surface area contributed by atoms with Crippen molar-refractivity contribution in [2.24, 2.45) is 5.92 Å². The van der Waals surface area contributed by atoms with Crippen molar-refractivity contribution in [1.29, 1.82) is 0 Å². The Balaban J connectivity index is 1.96. The maximum Gasteiger partial charge on any atom is 0.227 e. The second kappa shape index (κ2) is 7.22. The van der Waals surface area contributed by atoms with Crippen LogP contribution in [-0.4, -0.2) is 22.8 Å². The van der Waals surface area contributed by atoms with Crippen molar-refractivity contribution in [3.05, 3.63) is 46.8 Å². The van der Waals surface area contributed by atoms with Crippen LogP contribution in [0.5, 0.6) is 0 Å². The Morgan fingerprint density at radius 2 is 2.00 bits per heavy atom. The highest BCUT2D eigenvalue weighted by Crippen LogP contribution is 2.18. The van der Waals surface area contributed by atoms with Crippen molar-refractivity contribution >= 4 is 11.6 Å². The van der Waals surface area contributed by atoms with Gasteiger partial charge in [-0.05, 0) is 44.4 Å². The van der Waals surface area contributed by atoms with Crippen molar-refractivity contribution in [1.82, 2.24) is 5.16 Å². The number of carbonyl (C=O) groups is 1. The summed E-state index contributed by atoms with van der Waals surface area (Å²) in [5.41, 5.74) is 3.65. The fourth-order valence-electron chi connectivity index (χ4n) is 2.34. The van der Waals surface area contributed by atoms with E-state index in [1.165, 1.54) is 0 Å². The zero-order valence-electron chi connectivity index (χ0n) is 13.2. The molecule has 1 heterocycles. The second-order valence-electron chi connectivity index (χ2n) is 5.57. The number of aryl methyl sites for hydroxylation is 2. The molecule has 0 fully saturated rings. The van der Waals surface area contributed by atoms with Crippen LogP contribution >= 0.6 is 0 Å². The molecule has 5 heteroatoms. The normalized spacial score (nSPS) is 12.2. The molecular weight excluding hydrogens is 280 g/mol. The van der Waals surface area contributed by atoms with E-state index in [4.69, 9.17) is 9.63 Å². The average molecular weight is 302 g/mol. The average Bonchev–Trinajstić information content (AvgIpc) is 2.81. The third kappa shape index (κ3) is 3.95. The van der Waals surface area contributed by atoms with Crippen LogP contribution in [0.1, 0.15) is 29.5 Å². The number of nitrogens with one attached hydrogen (secondary N) is 1. The van der Waals surface area contributed by atoms with Gasteiger partial charge in [-0.25, -0.2) is 0 Å². The van der Waals surface area contributed by atoms with Gasteiger partial charge in [-0.15, -0.1) is 0 Å². The molecule has 0 aliphatic rings. The molecule has 1 unspecified atom stereocenters. The van der Waals surface area contributed by atoms with E-state index in [0.717, 1.165) is 28.3 Å². The number of aliphatic hydroxyl groups is 1. The number of amides is 1. The second-order valence-corrected chi connectivity index (χ2v) is 5.57. The van der Waals surface area contributed by atoms with Gasteiger partial charge in [0.25, 0.3) is 0 Å². The van der Waals surface area contributed by atoms with Crippen molar-refractivity contribution in [3.8, 4) is 0 Å². The fourth-order valence-corrected chi connectivity index (χ4v) is 2.34. The van der Waals surface area contributed by atoms with E-state index in [9.17, 15) is 4.79 Å². The molecule has 0 spiro atoms. The number of benzene rings is 1. The highest BCUT2D eigenvalue weighted by atomic mass is 16.5. The molecule has 1 atom stereocenters. The molecule has 1 aromatic heterocycles. The molecular formula is C17H22N2O3. The Kier molecular flexibility index (Phi) is 5.33. The summed E-state index contributed by atoms with van der Waals surface area (Å²) >= 11 is 0. The summed E-state index contributed by atoms with van der Waals surface area (Å²) < 4.78 is 5.13. The maximum atomic E-state index is 12.3. The lowest BCUT2D eigenvalue weighted by Gasteiger charge is -2.12. The number of aliphatic hydroxyl groups excluding tert-OH is 1. The van der Waals surface area contributed by atoms with Crippen LogP contribution in [0.2, 0.25) is 0 Å². The smallest absolute Gasteiger partial charge is 0.227 e. The topological polar surface area (TPSA) is 75.4 Å². The number of nitrogens with zero attached hydrogens (tertiary/aromatic N) is 1. The molecule has 0 radical (unpaired) electrons. The van der Waals surface area contributed by atoms with Crippen LogP contribution in [0.3, 0.4) is 0 Å². The van der Waals surface area contributed by atoms with Crippen LogP contribution in [0.15, 0.2) is 28.8 Å². The van der Waals surface area contributed by atoms with Crippen LogP contribution in [0, 0.1) is 19.8 Å². The monoisotopic (exact) mass is 302 g/mol. The van der Waals surface area contributed by atoms with E-state index >= 15 is 0 Å². The maximum absolute atomic E-state index is 12.3. The van der Waals surface area contributed by atoms with E-state index in [1.54, 1.807) is 0 Å². The number of hydrogen-bond acceptors (Lipinski definition) is 4. The van der Waals surface area contributed by atoms with Crippen molar-refractivity contribution in [3.63, 3.8) is 0 Å². The van der Waals surface area contributed by atoms with E-state index < -0.39 is 0 Å². The summed E-state index contributed by atoms with van der Waals surface area (Å²) in [4.78, 5) is 12.3. The molecule has 0 aliphatic heterocycles. The Labute approximate surface area is 130 Å². The predicted molar refractivity (Wildman–Crippen MR) is 84.7 cm³/mol. The first-order chi connectivity index (χ1) is 10.5. The number of carbonyl (C=O) groups excluding carboxylic acids is 1. The van der Waals surface area contributed by atoms with Gasteiger partial charge in [0.15, 0.2) is 0 Å². The van der Waals surface area contributed by atoms with Gasteiger partial charge in [0.2, 0.25) is 5.91 Å². The Morgan fingerprint density at radius 3 is 2.55 bits per heavy atom. The van der Waals surface area contributed by atoms with Gasteiger partial charge in [0.05, 0.1) is 5.69 Å². The minimum atomic E-state index is -0.172. The summed E-state index contributed by atoms with van der Waals surface area (Å²) in [5, 5.41) is 15.7. The van der Waals surface area contributed by atoms with Gasteiger partial charge in [-0.1, -0.05) is 24.2 Å². The molecule has 0 aliphatic carbocycles. The van der Waals surface area contributed by atoms with Gasteiger partial charge >= 0.3 is 0 Å². The van der Waals surface area contributed by atoms with Crippen molar-refractivity contribution in [2.75, 3.05) is 11.9 Å². The fraction of sp³-hybridized carbons (Fsp3) is 0.412. The van der Waals surface area contributed by atoms with Crippen molar-refractivity contribution < 1.29 is 14.4 Å². The van der Waals surface area contributed by atoms with Crippen LogP contribution in [-0.2, 0) is 17.6 Å². The molecule has 2 aromatic rings. The molecule has 2 rings (SSSR count). The molecule has 22 heavy (non-hydrogen) atoms. The highest BCUT2D eigenvalue weighted by Gasteiger charge is 2.18. The summed E-state index contributed by atoms with van der Waals surface area (Å²) in [7, 11) is 0. The zero-order chi connectivity index (χ0) is 16.1. The first-order valence-corrected chi connectivity index (χ1v) is 7.43. The van der Waals surface area contributed by atoms with Gasteiger partial charge in [0.1, 0.15) is 5.76 Å². The van der Waals surface area contributed by atoms with E-state index in [2.05, 4.69) is 10.5 Å². The molecule has 118 valence electrons. The first kappa shape index (κ1) is 16.2. The van der Waals surface area contributed by atoms with Gasteiger partial charge in [0, 0.05) is 23.8 Å². The predicted octanol–water partition coefficient (Wildman–Crippen LogP) is 2.64. The molecule has 2 N–H and O–H groups in total. The number of anilines is 1. The standard InChI is InChI=1S/C17H22N2O3/c1-11(10-16-12(2)19-22-13(16)3)17(21)18-15-6-4-14(5-7-15)8-9-20/h4-7,11,20H,8-10H2,1-3H3,(H,18,21). The molecule has 1 amide bonds. The molecule has 5 nitrogen and oxygen atoms in total. The summed E-state index contributed by atoms with van der Waals surface area (Å²) in [5.74, 6) is 0.564. The Hall–Kier alpha value is -2.14. The van der Waals surface area contributed by atoms with Crippen LogP contribution in [0.4, 0.5) is 5.69 Å². The van der Waals surface area contributed by atoms with Gasteiger partial charge < -0.3 is 14.9 Å². The van der Waals surface area contributed by atoms with E-state index in [1.807, 2.05) is 45.0 Å². The van der Waals surface area contributed by atoms with Crippen LogP contribution in [0.25, 0.3) is 0 Å². The quantitative estimate of drug-likeness (QED) is 0.860. The number of rotatable bonds is 6. The Bertz CT molecular complexity index is 612. The lowest BCUT2D eigenvalue weighted by Crippen LogP contribution is -2.22. The molecule has 0 bridgehead atoms. The SMILES string of the molecule is Cc1noc(C)c1CC(C)C(=O)Nc1ccc(CCO)cc1. The molecule has 0 saturated carbocycles. The number of hydrogen-bond donors (Lipinski definition) is 2. The minimum absolute atomic E-state index is 0.0325. The zero-order valence-corrected chi connectivity index (χ0v) is 13.2. The third-order valence-electron chi connectivity index (χ3n) is 3.76. The Morgan fingerprint density at radius 1 is 1.32 bits per heavy atom. The van der Waals surface area contributed by atoms with E-state index in [-0.39, 0.29) is 18.4 Å². The van der Waals surface area contributed by atoms with Crippen molar-refractivity contribution in [2.45, 2.75) is 33.6 Å². The lowest BCUT2D eigenvalue weighted by atomic mass is 9.99. The lowest BCUT2D eigenvalue weighted by molar-refractivity contribution is -0.119. The highest BCUT2D eigenvalue weighted by molar-refractivity contribution is 5.92. The number of aromatic nitrogens is 1. The summed E-state index contributed by atoms with van der Waals surface area (Å²) in [6, 6.07) is 7.52. The molecule has 0 saturated heterocycles. The minimum Gasteiger partial charge on any atom is -0.396 e. The molecule has 1 aromatic carbocycles. The van der Waals surface area contributed by atoms with E-state index in [0.29, 0.717) is 12.8 Å². The summed E-state index contributed by atoms with van der Waals surface area (Å²) in [6.07, 6.45) is 1.23. The van der Waals surface area contributed by atoms with Crippen LogP contribution < -0.4 is 5.32 Å². The summed E-state index contributed by atoms with van der Waals surface area (Å²) in [6.45, 7) is 5.76. The van der Waals surface area contributed by atoms with Gasteiger partial charge in [-0.3, -0.25) is 4.79 Å². The third-order valence-corrected chi connectivity index (χ3v) is 3.76. The largest absolute Gasteiger partial charge is 0.396 e. The first-order valence-electron chi connectivity index (χ1n) is 7.43.